The molecular weight excluding hydrogens is 298 g/mol. The van der Waals surface area contributed by atoms with Gasteiger partial charge in [-0.15, -0.1) is 0 Å². The normalized spacial score (nSPS) is 11.2. The number of benzene rings is 1. The minimum Gasteiger partial charge on any atom is -0.493 e. The van der Waals surface area contributed by atoms with Crippen molar-refractivity contribution in [1.29, 1.82) is 0 Å². The standard InChI is InChI=1S/C17H21NO5/c1-5-8-23-13-7-6-12(9-14(13)22-4)10-15(19)18-16(11(2)3)17(20)21/h6-7,9,11,16H,10H2,1-4H3,(H,18,19)(H,20,21). The quantitative estimate of drug-likeness (QED) is 0.749. The molecule has 1 aromatic rings. The highest BCUT2D eigenvalue weighted by Crippen LogP contribution is 2.28. The lowest BCUT2D eigenvalue weighted by molar-refractivity contribution is -0.143. The predicted octanol–water partition coefficient (Wildman–Crippen LogP) is 1.82. The minimum atomic E-state index is -1.05. The summed E-state index contributed by atoms with van der Waals surface area (Å²) in [6.07, 6.45) is 2.52. The third kappa shape index (κ3) is 5.55. The van der Waals surface area contributed by atoms with Gasteiger partial charge in [-0.3, -0.25) is 4.79 Å². The van der Waals surface area contributed by atoms with Crippen molar-refractivity contribution in [1.82, 2.24) is 5.32 Å². The van der Waals surface area contributed by atoms with Gasteiger partial charge in [-0.05, 0) is 23.6 Å². The highest BCUT2D eigenvalue weighted by Gasteiger charge is 2.23. The first kappa shape index (κ1) is 18.4. The molecule has 0 aliphatic rings. The van der Waals surface area contributed by atoms with Crippen LogP contribution in [0.1, 0.15) is 26.3 Å². The number of rotatable bonds is 7. The maximum absolute atomic E-state index is 12.0. The van der Waals surface area contributed by atoms with Gasteiger partial charge in [0, 0.05) is 6.92 Å². The Kier molecular flexibility index (Phi) is 6.94. The van der Waals surface area contributed by atoms with Crippen LogP contribution >= 0.6 is 0 Å². The summed E-state index contributed by atoms with van der Waals surface area (Å²) in [5.74, 6) is 1.91. The zero-order chi connectivity index (χ0) is 17.4. The number of ether oxygens (including phenoxy) is 2. The van der Waals surface area contributed by atoms with Crippen molar-refractivity contribution in [2.45, 2.75) is 33.2 Å². The molecule has 0 heterocycles. The van der Waals surface area contributed by atoms with E-state index in [1.54, 1.807) is 39.0 Å². The lowest BCUT2D eigenvalue weighted by Crippen LogP contribution is -2.44. The Labute approximate surface area is 135 Å². The van der Waals surface area contributed by atoms with Crippen molar-refractivity contribution in [2.75, 3.05) is 7.11 Å². The Morgan fingerprint density at radius 1 is 1.30 bits per heavy atom. The highest BCUT2D eigenvalue weighted by molar-refractivity contribution is 5.85. The molecule has 0 saturated carbocycles. The van der Waals surface area contributed by atoms with Gasteiger partial charge < -0.3 is 19.9 Å². The van der Waals surface area contributed by atoms with Crippen LogP contribution in [0.4, 0.5) is 0 Å². The van der Waals surface area contributed by atoms with Crippen molar-refractivity contribution in [3.63, 3.8) is 0 Å². The summed E-state index contributed by atoms with van der Waals surface area (Å²) in [6, 6.07) is 4.12. The molecule has 0 aromatic heterocycles. The number of carboxylic acids is 1. The molecule has 124 valence electrons. The largest absolute Gasteiger partial charge is 0.493 e. The summed E-state index contributed by atoms with van der Waals surface area (Å²) in [5, 5.41) is 11.6. The summed E-state index contributed by atoms with van der Waals surface area (Å²) in [6.45, 7) is 5.13. The van der Waals surface area contributed by atoms with Crippen LogP contribution in [-0.2, 0) is 16.0 Å². The lowest BCUT2D eigenvalue weighted by atomic mass is 10.0. The molecule has 0 radical (unpaired) electrons. The van der Waals surface area contributed by atoms with E-state index in [0.29, 0.717) is 17.1 Å². The van der Waals surface area contributed by atoms with Crippen LogP contribution in [0, 0.1) is 17.9 Å². The first-order valence-electron chi connectivity index (χ1n) is 7.16. The number of carbonyl (C=O) groups excluding carboxylic acids is 1. The molecule has 0 fully saturated rings. The van der Waals surface area contributed by atoms with Gasteiger partial charge in [0.05, 0.1) is 13.5 Å². The molecule has 1 unspecified atom stereocenters. The minimum absolute atomic E-state index is 0.0482. The third-order valence-corrected chi connectivity index (χ3v) is 3.10. The molecule has 1 amide bonds. The van der Waals surface area contributed by atoms with Crippen LogP contribution in [0.3, 0.4) is 0 Å². The molecule has 0 saturated heterocycles. The molecule has 0 bridgehead atoms. The summed E-state index contributed by atoms with van der Waals surface area (Å²) in [4.78, 5) is 23.1. The Hall–Kier alpha value is -2.68. The zero-order valence-corrected chi connectivity index (χ0v) is 13.7. The van der Waals surface area contributed by atoms with Crippen LogP contribution in [-0.4, -0.2) is 30.1 Å². The monoisotopic (exact) mass is 319 g/mol. The summed E-state index contributed by atoms with van der Waals surface area (Å²) >= 11 is 0. The van der Waals surface area contributed by atoms with E-state index >= 15 is 0 Å². The number of aliphatic carboxylic acids is 1. The van der Waals surface area contributed by atoms with Crippen LogP contribution in [0.2, 0.25) is 0 Å². The number of carbonyl (C=O) groups is 2. The van der Waals surface area contributed by atoms with E-state index in [1.807, 2.05) is 0 Å². The highest BCUT2D eigenvalue weighted by atomic mass is 16.5. The summed E-state index contributed by atoms with van der Waals surface area (Å²) in [7, 11) is 1.49. The predicted molar refractivity (Wildman–Crippen MR) is 85.2 cm³/mol. The van der Waals surface area contributed by atoms with E-state index in [0.717, 1.165) is 0 Å². The number of hydrogen-bond acceptors (Lipinski definition) is 4. The van der Waals surface area contributed by atoms with E-state index in [1.165, 1.54) is 7.11 Å². The number of carboxylic acid groups (broad SMARTS) is 1. The zero-order valence-electron chi connectivity index (χ0n) is 13.7. The fraction of sp³-hybridized carbons (Fsp3) is 0.412. The molecule has 1 aromatic carbocycles. The molecule has 1 rings (SSSR count). The Balaban J connectivity index is 2.81. The van der Waals surface area contributed by atoms with E-state index in [4.69, 9.17) is 14.6 Å². The Morgan fingerprint density at radius 3 is 2.52 bits per heavy atom. The maximum Gasteiger partial charge on any atom is 0.326 e. The van der Waals surface area contributed by atoms with Gasteiger partial charge in [0.25, 0.3) is 0 Å². The lowest BCUT2D eigenvalue weighted by Gasteiger charge is -2.18. The molecule has 6 heteroatoms. The Morgan fingerprint density at radius 2 is 2.00 bits per heavy atom. The van der Waals surface area contributed by atoms with Gasteiger partial charge in [0.2, 0.25) is 5.91 Å². The molecule has 2 N–H and O–H groups in total. The first-order valence-corrected chi connectivity index (χ1v) is 7.16. The molecule has 0 aliphatic carbocycles. The molecule has 0 spiro atoms. The van der Waals surface area contributed by atoms with Crippen LogP contribution in [0.5, 0.6) is 11.5 Å². The van der Waals surface area contributed by atoms with Gasteiger partial charge in [-0.2, -0.15) is 0 Å². The summed E-state index contributed by atoms with van der Waals surface area (Å²) in [5.41, 5.74) is 0.684. The van der Waals surface area contributed by atoms with Crippen LogP contribution in [0.15, 0.2) is 18.2 Å². The SMILES string of the molecule is CC#COc1ccc(CC(=O)NC(C(=O)O)C(C)C)cc1OC. The second kappa shape index (κ2) is 8.69. The number of nitrogens with one attached hydrogen (secondary N) is 1. The average Bonchev–Trinajstić information content (AvgIpc) is 2.50. The van der Waals surface area contributed by atoms with Crippen molar-refractivity contribution in [3.8, 4) is 23.5 Å². The number of methoxy groups -OCH3 is 1. The van der Waals surface area contributed by atoms with E-state index < -0.39 is 12.0 Å². The summed E-state index contributed by atoms with van der Waals surface area (Å²) < 4.78 is 10.4. The van der Waals surface area contributed by atoms with Gasteiger partial charge in [-0.25, -0.2) is 4.79 Å². The van der Waals surface area contributed by atoms with Crippen LogP contribution < -0.4 is 14.8 Å². The van der Waals surface area contributed by atoms with Crippen molar-refractivity contribution >= 4 is 11.9 Å². The van der Waals surface area contributed by atoms with E-state index in [-0.39, 0.29) is 18.2 Å². The topological polar surface area (TPSA) is 84.9 Å². The second-order valence-electron chi connectivity index (χ2n) is 5.24. The maximum atomic E-state index is 12.0. The molecule has 0 aliphatic heterocycles. The number of hydrogen-bond donors (Lipinski definition) is 2. The molecule has 1 atom stereocenters. The fourth-order valence-electron chi connectivity index (χ4n) is 1.94. The fourth-order valence-corrected chi connectivity index (χ4v) is 1.94. The average molecular weight is 319 g/mol. The van der Waals surface area contributed by atoms with Crippen molar-refractivity contribution in [2.24, 2.45) is 5.92 Å². The van der Waals surface area contributed by atoms with Crippen LogP contribution in [0.25, 0.3) is 0 Å². The molecular formula is C17H21NO5. The molecule has 6 nitrogen and oxygen atoms in total. The Bertz CT molecular complexity index is 628. The smallest absolute Gasteiger partial charge is 0.326 e. The van der Waals surface area contributed by atoms with E-state index in [2.05, 4.69) is 17.3 Å². The van der Waals surface area contributed by atoms with Gasteiger partial charge in [0.15, 0.2) is 11.5 Å². The first-order chi connectivity index (χ1) is 10.9. The van der Waals surface area contributed by atoms with Gasteiger partial charge in [-0.1, -0.05) is 25.8 Å². The second-order valence-corrected chi connectivity index (χ2v) is 5.24. The molecule has 23 heavy (non-hydrogen) atoms. The van der Waals surface area contributed by atoms with E-state index in [9.17, 15) is 9.59 Å². The van der Waals surface area contributed by atoms with Crippen molar-refractivity contribution in [3.05, 3.63) is 23.8 Å². The third-order valence-electron chi connectivity index (χ3n) is 3.10. The number of amides is 1. The van der Waals surface area contributed by atoms with Gasteiger partial charge >= 0.3 is 5.97 Å². The van der Waals surface area contributed by atoms with Gasteiger partial charge in [0.1, 0.15) is 12.1 Å². The van der Waals surface area contributed by atoms with Crippen molar-refractivity contribution < 1.29 is 24.2 Å².